The van der Waals surface area contributed by atoms with Crippen molar-refractivity contribution >= 4 is 11.8 Å². The Morgan fingerprint density at radius 3 is 2.58 bits per heavy atom. The highest BCUT2D eigenvalue weighted by Crippen LogP contribution is 2.29. The molecule has 5 nitrogen and oxygen atoms in total. The summed E-state index contributed by atoms with van der Waals surface area (Å²) in [5, 5.41) is 3.00. The molecule has 0 unspecified atom stereocenters. The van der Waals surface area contributed by atoms with Crippen molar-refractivity contribution in [3.05, 3.63) is 42.5 Å². The summed E-state index contributed by atoms with van der Waals surface area (Å²) in [6.07, 6.45) is 0. The van der Waals surface area contributed by atoms with Crippen LogP contribution >= 0.6 is 0 Å². The second kappa shape index (κ2) is 7.81. The largest absolute Gasteiger partial charge is 0.493 e. The minimum absolute atomic E-state index is 0.0703. The molecule has 0 aliphatic heterocycles. The molecule has 0 aliphatic rings. The first kappa shape index (κ1) is 17.8. The molecule has 0 fully saturated rings. The fourth-order valence-electron chi connectivity index (χ4n) is 2.18. The quantitative estimate of drug-likeness (QED) is 0.815. The van der Waals surface area contributed by atoms with Crippen LogP contribution in [0.4, 0.5) is 5.82 Å². The second-order valence-corrected chi connectivity index (χ2v) is 6.28. The lowest BCUT2D eigenvalue weighted by Gasteiger charge is -2.19. The zero-order valence-corrected chi connectivity index (χ0v) is 14.6. The van der Waals surface area contributed by atoms with Crippen molar-refractivity contribution in [2.75, 3.05) is 18.5 Å². The fraction of sp³-hybridized carbons (Fsp3) is 0.368. The van der Waals surface area contributed by atoms with Crippen molar-refractivity contribution in [2.24, 2.45) is 0 Å². The molecule has 1 aromatic carbocycles. The van der Waals surface area contributed by atoms with E-state index in [0.29, 0.717) is 12.4 Å². The Kier molecular flexibility index (Phi) is 5.79. The van der Waals surface area contributed by atoms with Crippen molar-refractivity contribution in [3.8, 4) is 17.0 Å². The van der Waals surface area contributed by atoms with Gasteiger partial charge in [0.2, 0.25) is 0 Å². The molecular weight excluding hydrogens is 304 g/mol. The van der Waals surface area contributed by atoms with Crippen LogP contribution in [0.25, 0.3) is 11.3 Å². The highest BCUT2D eigenvalue weighted by molar-refractivity contribution is 5.75. The molecule has 24 heavy (non-hydrogen) atoms. The molecule has 0 bridgehead atoms. The van der Waals surface area contributed by atoms with E-state index in [1.165, 1.54) is 0 Å². The smallest absolute Gasteiger partial charge is 0.325 e. The minimum Gasteiger partial charge on any atom is -0.493 e. The van der Waals surface area contributed by atoms with Crippen LogP contribution in [0.15, 0.2) is 42.5 Å². The molecule has 1 heterocycles. The van der Waals surface area contributed by atoms with E-state index in [9.17, 15) is 4.79 Å². The highest BCUT2D eigenvalue weighted by Gasteiger charge is 2.16. The SMILES string of the molecule is CCOc1ccccc1-c1cccc(NCC(=O)OC(C)(C)C)n1. The van der Waals surface area contributed by atoms with E-state index >= 15 is 0 Å². The molecule has 0 aliphatic carbocycles. The third-order valence-corrected chi connectivity index (χ3v) is 3.05. The van der Waals surface area contributed by atoms with Crippen LogP contribution < -0.4 is 10.1 Å². The van der Waals surface area contributed by atoms with Crippen LogP contribution in [0, 0.1) is 0 Å². The molecule has 0 atom stereocenters. The lowest BCUT2D eigenvalue weighted by molar-refractivity contribution is -0.152. The Morgan fingerprint density at radius 2 is 1.88 bits per heavy atom. The summed E-state index contributed by atoms with van der Waals surface area (Å²) in [7, 11) is 0. The van der Waals surface area contributed by atoms with E-state index in [1.54, 1.807) is 0 Å². The number of esters is 1. The summed E-state index contributed by atoms with van der Waals surface area (Å²) < 4.78 is 10.9. The predicted octanol–water partition coefficient (Wildman–Crippen LogP) is 3.90. The van der Waals surface area contributed by atoms with Crippen molar-refractivity contribution in [1.82, 2.24) is 4.98 Å². The van der Waals surface area contributed by atoms with E-state index in [0.717, 1.165) is 17.0 Å². The number of ether oxygens (including phenoxy) is 2. The third kappa shape index (κ3) is 5.26. The van der Waals surface area contributed by atoms with Gasteiger partial charge in [-0.05, 0) is 52.0 Å². The summed E-state index contributed by atoms with van der Waals surface area (Å²) in [4.78, 5) is 16.3. The summed E-state index contributed by atoms with van der Waals surface area (Å²) >= 11 is 0. The molecule has 2 aromatic rings. The van der Waals surface area contributed by atoms with Gasteiger partial charge in [-0.2, -0.15) is 0 Å². The summed E-state index contributed by atoms with van der Waals surface area (Å²) in [6.45, 7) is 8.13. The van der Waals surface area contributed by atoms with Gasteiger partial charge in [-0.3, -0.25) is 4.79 Å². The maximum Gasteiger partial charge on any atom is 0.325 e. The van der Waals surface area contributed by atoms with E-state index in [2.05, 4.69) is 10.3 Å². The number of nitrogens with zero attached hydrogens (tertiary/aromatic N) is 1. The van der Waals surface area contributed by atoms with Crippen LogP contribution in [0.1, 0.15) is 27.7 Å². The maximum atomic E-state index is 11.8. The number of pyridine rings is 1. The molecule has 0 amide bonds. The molecule has 2 rings (SSSR count). The number of aromatic nitrogens is 1. The van der Waals surface area contributed by atoms with Crippen LogP contribution in [0.3, 0.4) is 0 Å². The Labute approximate surface area is 143 Å². The standard InChI is InChI=1S/C19H24N2O3/c1-5-23-16-11-7-6-9-14(16)15-10-8-12-17(21-15)20-13-18(22)24-19(2,3)4/h6-12H,5,13H2,1-4H3,(H,20,21). The maximum absolute atomic E-state index is 11.8. The molecule has 0 radical (unpaired) electrons. The summed E-state index contributed by atoms with van der Waals surface area (Å²) in [5.74, 6) is 1.09. The first-order valence-corrected chi connectivity index (χ1v) is 8.04. The van der Waals surface area contributed by atoms with Gasteiger partial charge >= 0.3 is 5.97 Å². The average molecular weight is 328 g/mol. The Hall–Kier alpha value is -2.56. The Morgan fingerprint density at radius 1 is 1.12 bits per heavy atom. The lowest BCUT2D eigenvalue weighted by Crippen LogP contribution is -2.28. The van der Waals surface area contributed by atoms with Crippen LogP contribution in [0.2, 0.25) is 0 Å². The number of nitrogens with one attached hydrogen (secondary N) is 1. The first-order valence-electron chi connectivity index (χ1n) is 8.04. The molecule has 5 heteroatoms. The van der Waals surface area contributed by atoms with Crippen molar-refractivity contribution < 1.29 is 14.3 Å². The molecule has 1 aromatic heterocycles. The van der Waals surface area contributed by atoms with Gasteiger partial charge in [0.15, 0.2) is 0 Å². The number of carbonyl (C=O) groups is 1. The van der Waals surface area contributed by atoms with Crippen LogP contribution in [-0.2, 0) is 9.53 Å². The fourth-order valence-corrected chi connectivity index (χ4v) is 2.18. The van der Waals surface area contributed by atoms with Gasteiger partial charge in [0, 0.05) is 5.56 Å². The van der Waals surface area contributed by atoms with Gasteiger partial charge in [0.25, 0.3) is 0 Å². The van der Waals surface area contributed by atoms with Crippen molar-refractivity contribution in [1.29, 1.82) is 0 Å². The molecule has 1 N–H and O–H groups in total. The van der Waals surface area contributed by atoms with Gasteiger partial charge in [-0.25, -0.2) is 4.98 Å². The molecule has 0 spiro atoms. The number of carbonyl (C=O) groups excluding carboxylic acids is 1. The summed E-state index contributed by atoms with van der Waals surface area (Å²) in [6, 6.07) is 13.4. The van der Waals surface area contributed by atoms with Crippen molar-refractivity contribution in [3.63, 3.8) is 0 Å². The minimum atomic E-state index is -0.496. The number of para-hydroxylation sites is 1. The monoisotopic (exact) mass is 328 g/mol. The molecule has 0 saturated carbocycles. The zero-order chi connectivity index (χ0) is 17.6. The van der Waals surface area contributed by atoms with E-state index in [4.69, 9.17) is 9.47 Å². The lowest BCUT2D eigenvalue weighted by atomic mass is 10.1. The Balaban J connectivity index is 2.11. The van der Waals surface area contributed by atoms with E-state index < -0.39 is 5.60 Å². The topological polar surface area (TPSA) is 60.5 Å². The highest BCUT2D eigenvalue weighted by atomic mass is 16.6. The van der Waals surface area contributed by atoms with E-state index in [1.807, 2.05) is 70.2 Å². The van der Waals surface area contributed by atoms with Crippen molar-refractivity contribution in [2.45, 2.75) is 33.3 Å². The summed E-state index contributed by atoms with van der Waals surface area (Å²) in [5.41, 5.74) is 1.21. The van der Waals surface area contributed by atoms with Gasteiger partial charge in [-0.15, -0.1) is 0 Å². The van der Waals surface area contributed by atoms with Crippen LogP contribution in [0.5, 0.6) is 5.75 Å². The number of rotatable bonds is 6. The number of hydrogen-bond donors (Lipinski definition) is 1. The third-order valence-electron chi connectivity index (χ3n) is 3.05. The van der Waals surface area contributed by atoms with E-state index in [-0.39, 0.29) is 12.5 Å². The van der Waals surface area contributed by atoms with Gasteiger partial charge in [0.1, 0.15) is 23.7 Å². The number of anilines is 1. The molecule has 128 valence electrons. The van der Waals surface area contributed by atoms with Gasteiger partial charge in [0.05, 0.1) is 12.3 Å². The van der Waals surface area contributed by atoms with Gasteiger partial charge in [-0.1, -0.05) is 18.2 Å². The number of hydrogen-bond acceptors (Lipinski definition) is 5. The first-order chi connectivity index (χ1) is 11.4. The predicted molar refractivity (Wildman–Crippen MR) is 95.2 cm³/mol. The average Bonchev–Trinajstić information content (AvgIpc) is 2.52. The molecule has 0 saturated heterocycles. The Bertz CT molecular complexity index is 693. The normalized spacial score (nSPS) is 11.0. The molecular formula is C19H24N2O3. The zero-order valence-electron chi connectivity index (χ0n) is 14.6. The second-order valence-electron chi connectivity index (χ2n) is 6.28. The number of benzene rings is 1. The van der Waals surface area contributed by atoms with Crippen LogP contribution in [-0.4, -0.2) is 29.7 Å². The van der Waals surface area contributed by atoms with Gasteiger partial charge < -0.3 is 14.8 Å².